The molecule has 4 rings (SSSR count). The molecular weight excluding hydrogens is 532 g/mol. The molecule has 9 heteroatoms. The van der Waals surface area contributed by atoms with Crippen LogP contribution in [0.2, 0.25) is 0 Å². The Labute approximate surface area is 250 Å². The molecule has 4 atom stereocenters. The first kappa shape index (κ1) is 33.1. The van der Waals surface area contributed by atoms with Gasteiger partial charge in [0.2, 0.25) is 17.7 Å². The number of ether oxygens (including phenoxy) is 1. The van der Waals surface area contributed by atoms with Crippen molar-refractivity contribution in [3.8, 4) is 5.75 Å². The average molecular weight is 581 g/mol. The van der Waals surface area contributed by atoms with Gasteiger partial charge in [-0.25, -0.2) is 0 Å². The van der Waals surface area contributed by atoms with Gasteiger partial charge in [-0.05, 0) is 54.7 Å². The van der Waals surface area contributed by atoms with E-state index < -0.39 is 24.6 Å². The zero-order valence-corrected chi connectivity index (χ0v) is 25.5. The molecule has 4 unspecified atom stereocenters. The number of carbonyl (C=O) groups is 3. The molecule has 2 bridgehead atoms. The summed E-state index contributed by atoms with van der Waals surface area (Å²) in [6.07, 6.45) is 5.09. The molecule has 2 aromatic carbocycles. The predicted octanol–water partition coefficient (Wildman–Crippen LogP) is 2.63. The van der Waals surface area contributed by atoms with Crippen LogP contribution in [0, 0.1) is 5.92 Å². The summed E-state index contributed by atoms with van der Waals surface area (Å²) >= 11 is 0. The number of carbonyl (C=O) groups excluding carboxylic acids is 3. The lowest BCUT2D eigenvalue weighted by Gasteiger charge is -2.34. The van der Waals surface area contributed by atoms with Gasteiger partial charge in [0.15, 0.2) is 0 Å². The first-order chi connectivity index (χ1) is 20.3. The minimum atomic E-state index is -1.08. The molecular formula is C33H48N4O5. The zero-order valence-electron chi connectivity index (χ0n) is 25.5. The van der Waals surface area contributed by atoms with E-state index in [1.54, 1.807) is 0 Å². The number of nitrogens with zero attached hydrogens (tertiary/aromatic N) is 1. The summed E-state index contributed by atoms with van der Waals surface area (Å²) < 4.78 is 6.38. The number of benzene rings is 2. The highest BCUT2D eigenvalue weighted by Crippen LogP contribution is 2.32. The molecule has 42 heavy (non-hydrogen) atoms. The number of aliphatic hydroxyl groups excluding tert-OH is 1. The fraction of sp³-hybridized carbons (Fsp3) is 0.545. The molecule has 2 aliphatic rings. The van der Waals surface area contributed by atoms with Gasteiger partial charge in [-0.1, -0.05) is 75.7 Å². The lowest BCUT2D eigenvalue weighted by molar-refractivity contribution is -0.143. The van der Waals surface area contributed by atoms with Crippen LogP contribution in [0.5, 0.6) is 5.75 Å². The Balaban J connectivity index is 0.000000521. The van der Waals surface area contributed by atoms with Crippen LogP contribution in [-0.2, 0) is 33.6 Å². The van der Waals surface area contributed by atoms with Gasteiger partial charge < -0.3 is 30.7 Å². The molecule has 0 saturated carbocycles. The monoisotopic (exact) mass is 580 g/mol. The van der Waals surface area contributed by atoms with Crippen molar-refractivity contribution in [2.75, 3.05) is 33.3 Å². The molecule has 230 valence electrons. The van der Waals surface area contributed by atoms with Crippen LogP contribution in [0.3, 0.4) is 0 Å². The number of para-hydroxylation sites is 1. The van der Waals surface area contributed by atoms with Crippen molar-refractivity contribution in [1.82, 2.24) is 20.9 Å². The van der Waals surface area contributed by atoms with Gasteiger partial charge in [0.25, 0.3) is 0 Å². The number of rotatable bonds is 4. The van der Waals surface area contributed by atoms with E-state index in [1.807, 2.05) is 26.0 Å². The SMILES string of the molecule is CCC(C)C1NCC2CCc3cccc(c3O2)CCCNC(=O)CNC(=O)C(CO)N(C)C1=O.CCc1ccccc1. The standard InChI is InChI=1S/C25H38N4O5.C8H10/c1-4-16(2)22-25(33)29(3)20(15-30)24(32)28-14-21(31)26-12-6-9-17-7-5-8-18-10-11-19(13-27-22)34-23(17)18;1-2-8-6-4-3-5-7-8/h5,7-8,16,19-20,22,27,30H,4,6,9-15H2,1-3H3,(H,26,31)(H,28,32);3-7H,2H2,1H3. The Hall–Kier alpha value is -3.43. The van der Waals surface area contributed by atoms with Crippen molar-refractivity contribution in [2.45, 2.75) is 77.5 Å². The third-order valence-electron chi connectivity index (χ3n) is 8.15. The number of hydrogen-bond donors (Lipinski definition) is 4. The summed E-state index contributed by atoms with van der Waals surface area (Å²) in [6.45, 7) is 6.40. The molecule has 0 saturated heterocycles. The number of fused-ring (bicyclic) bond motifs is 1. The number of likely N-dealkylation sites (N-methyl/N-ethyl adjacent to an activating group) is 1. The minimum absolute atomic E-state index is 0.0140. The maximum Gasteiger partial charge on any atom is 0.245 e. The third-order valence-corrected chi connectivity index (χ3v) is 8.15. The third kappa shape index (κ3) is 9.29. The summed E-state index contributed by atoms with van der Waals surface area (Å²) in [7, 11) is 1.51. The molecule has 0 aromatic heterocycles. The van der Waals surface area contributed by atoms with E-state index in [0.717, 1.165) is 49.8 Å². The van der Waals surface area contributed by atoms with Crippen LogP contribution in [0.25, 0.3) is 0 Å². The molecule has 0 fully saturated rings. The number of amides is 3. The average Bonchev–Trinajstić information content (AvgIpc) is 3.02. The van der Waals surface area contributed by atoms with Crippen molar-refractivity contribution >= 4 is 17.7 Å². The van der Waals surface area contributed by atoms with Gasteiger partial charge in [-0.3, -0.25) is 14.4 Å². The van der Waals surface area contributed by atoms with Gasteiger partial charge in [0.05, 0.1) is 19.2 Å². The Morgan fingerprint density at radius 2 is 1.71 bits per heavy atom. The van der Waals surface area contributed by atoms with Crippen LogP contribution < -0.4 is 20.7 Å². The van der Waals surface area contributed by atoms with Gasteiger partial charge >= 0.3 is 0 Å². The van der Waals surface area contributed by atoms with Crippen LogP contribution in [0.15, 0.2) is 48.5 Å². The van der Waals surface area contributed by atoms with Crippen LogP contribution in [0.1, 0.15) is 56.7 Å². The highest BCUT2D eigenvalue weighted by Gasteiger charge is 2.34. The molecule has 0 spiro atoms. The lowest BCUT2D eigenvalue weighted by Crippen LogP contribution is -2.57. The molecule has 0 aliphatic carbocycles. The van der Waals surface area contributed by atoms with Crippen molar-refractivity contribution in [2.24, 2.45) is 5.92 Å². The van der Waals surface area contributed by atoms with Crippen molar-refractivity contribution in [1.29, 1.82) is 0 Å². The minimum Gasteiger partial charge on any atom is -0.489 e. The molecule has 4 N–H and O–H groups in total. The van der Waals surface area contributed by atoms with E-state index in [4.69, 9.17) is 4.74 Å². The topological polar surface area (TPSA) is 120 Å². The summed E-state index contributed by atoms with van der Waals surface area (Å²) in [5.74, 6) is -0.212. The fourth-order valence-electron chi connectivity index (χ4n) is 5.22. The molecule has 9 nitrogen and oxygen atoms in total. The Bertz CT molecular complexity index is 1160. The summed E-state index contributed by atoms with van der Waals surface area (Å²) in [5.41, 5.74) is 3.72. The van der Waals surface area contributed by atoms with Crippen LogP contribution >= 0.6 is 0 Å². The summed E-state index contributed by atoms with van der Waals surface area (Å²) in [5, 5.41) is 18.6. The Kier molecular flexibility index (Phi) is 13.3. The number of nitrogens with one attached hydrogen (secondary N) is 3. The van der Waals surface area contributed by atoms with Gasteiger partial charge in [0.1, 0.15) is 17.9 Å². The molecule has 2 aromatic rings. The first-order valence-electron chi connectivity index (χ1n) is 15.3. The predicted molar refractivity (Wildman–Crippen MR) is 164 cm³/mol. The fourth-order valence-corrected chi connectivity index (χ4v) is 5.22. The summed E-state index contributed by atoms with van der Waals surface area (Å²) in [4.78, 5) is 39.5. The second kappa shape index (κ2) is 16.9. The zero-order chi connectivity index (χ0) is 30.5. The maximum absolute atomic E-state index is 13.4. The van der Waals surface area contributed by atoms with Crippen LogP contribution in [-0.4, -0.2) is 79.2 Å². The molecule has 2 aliphatic heterocycles. The van der Waals surface area contributed by atoms with E-state index in [9.17, 15) is 19.5 Å². The largest absolute Gasteiger partial charge is 0.489 e. The first-order valence-corrected chi connectivity index (χ1v) is 15.3. The van der Waals surface area contributed by atoms with Gasteiger partial charge in [-0.2, -0.15) is 0 Å². The second-order valence-corrected chi connectivity index (χ2v) is 11.1. The molecule has 2 heterocycles. The normalized spacial score (nSPS) is 22.7. The van der Waals surface area contributed by atoms with Gasteiger partial charge in [-0.15, -0.1) is 0 Å². The number of hydrogen-bond acceptors (Lipinski definition) is 6. The van der Waals surface area contributed by atoms with Crippen molar-refractivity contribution < 1.29 is 24.2 Å². The second-order valence-electron chi connectivity index (χ2n) is 11.1. The lowest BCUT2D eigenvalue weighted by atomic mass is 9.95. The molecule has 0 radical (unpaired) electrons. The quantitative estimate of drug-likeness (QED) is 0.442. The maximum atomic E-state index is 13.4. The Morgan fingerprint density at radius 1 is 1.00 bits per heavy atom. The van der Waals surface area contributed by atoms with E-state index in [-0.39, 0.29) is 30.4 Å². The highest BCUT2D eigenvalue weighted by atomic mass is 16.5. The van der Waals surface area contributed by atoms with E-state index in [1.165, 1.54) is 23.1 Å². The van der Waals surface area contributed by atoms with Gasteiger partial charge in [0, 0.05) is 20.1 Å². The smallest absolute Gasteiger partial charge is 0.245 e. The molecule has 3 amide bonds. The van der Waals surface area contributed by atoms with Crippen molar-refractivity contribution in [3.63, 3.8) is 0 Å². The highest BCUT2D eigenvalue weighted by molar-refractivity contribution is 5.92. The van der Waals surface area contributed by atoms with Crippen molar-refractivity contribution in [3.05, 3.63) is 65.2 Å². The Morgan fingerprint density at radius 3 is 2.36 bits per heavy atom. The van der Waals surface area contributed by atoms with Crippen LogP contribution in [0.4, 0.5) is 0 Å². The number of aliphatic hydroxyl groups is 1. The summed E-state index contributed by atoms with van der Waals surface area (Å²) in [6, 6.07) is 15.0. The number of aryl methyl sites for hydroxylation is 3. The van der Waals surface area contributed by atoms with E-state index >= 15 is 0 Å². The van der Waals surface area contributed by atoms with E-state index in [0.29, 0.717) is 13.1 Å². The van der Waals surface area contributed by atoms with E-state index in [2.05, 4.69) is 59.3 Å².